The summed E-state index contributed by atoms with van der Waals surface area (Å²) >= 11 is 5.95. The van der Waals surface area contributed by atoms with Crippen molar-refractivity contribution in [3.63, 3.8) is 0 Å². The van der Waals surface area contributed by atoms with E-state index in [9.17, 15) is 13.2 Å². The average Bonchev–Trinajstić information content (AvgIpc) is 2.62. The number of amides is 1. The molecule has 1 N–H and O–H groups in total. The molecule has 0 saturated heterocycles. The summed E-state index contributed by atoms with van der Waals surface area (Å²) in [5.74, 6) is -0.132. The van der Waals surface area contributed by atoms with Gasteiger partial charge in [-0.2, -0.15) is 4.31 Å². The highest BCUT2D eigenvalue weighted by Gasteiger charge is 2.26. The van der Waals surface area contributed by atoms with E-state index in [0.29, 0.717) is 11.4 Å². The average molecular weight is 423 g/mol. The molecule has 0 bridgehead atoms. The van der Waals surface area contributed by atoms with Gasteiger partial charge >= 0.3 is 0 Å². The van der Waals surface area contributed by atoms with Gasteiger partial charge in [0, 0.05) is 17.3 Å². The monoisotopic (exact) mass is 422 g/mol. The van der Waals surface area contributed by atoms with E-state index < -0.39 is 10.0 Å². The van der Waals surface area contributed by atoms with Gasteiger partial charge in [-0.25, -0.2) is 8.42 Å². The van der Waals surface area contributed by atoms with Crippen molar-refractivity contribution in [2.45, 2.75) is 44.9 Å². The molecular weight excluding hydrogens is 396 g/mol. The van der Waals surface area contributed by atoms with Gasteiger partial charge in [-0.3, -0.25) is 4.79 Å². The van der Waals surface area contributed by atoms with Crippen LogP contribution in [-0.4, -0.2) is 31.7 Å². The summed E-state index contributed by atoms with van der Waals surface area (Å²) in [4.78, 5) is 12.8. The maximum Gasteiger partial charge on any atom is 0.243 e. The summed E-state index contributed by atoms with van der Waals surface area (Å²) in [6.07, 6.45) is 0.592. The number of para-hydroxylation sites is 1. The lowest BCUT2D eigenvalue weighted by atomic mass is 9.98. The molecular formula is C21H27ClN2O3S. The lowest BCUT2D eigenvalue weighted by Gasteiger charge is -2.22. The molecule has 0 heterocycles. The zero-order valence-electron chi connectivity index (χ0n) is 16.7. The second kappa shape index (κ2) is 9.54. The predicted octanol–water partition coefficient (Wildman–Crippen LogP) is 4.81. The second-order valence-corrected chi connectivity index (χ2v) is 9.41. The van der Waals surface area contributed by atoms with Crippen LogP contribution in [0.25, 0.3) is 0 Å². The Hall–Kier alpha value is -1.89. The van der Waals surface area contributed by atoms with Crippen LogP contribution < -0.4 is 5.32 Å². The molecule has 0 radical (unpaired) electrons. The van der Waals surface area contributed by atoms with Crippen molar-refractivity contribution in [2.75, 3.05) is 18.4 Å². The normalized spacial score (nSPS) is 11.8. The fraction of sp³-hybridized carbons (Fsp3) is 0.381. The van der Waals surface area contributed by atoms with E-state index in [2.05, 4.69) is 19.2 Å². The minimum atomic E-state index is -3.82. The minimum Gasteiger partial charge on any atom is -0.324 e. The number of hydrogen-bond donors (Lipinski definition) is 1. The molecule has 0 spiro atoms. The highest BCUT2D eigenvalue weighted by atomic mass is 35.5. The number of benzene rings is 2. The van der Waals surface area contributed by atoms with Gasteiger partial charge in [-0.05, 0) is 48.6 Å². The third kappa shape index (κ3) is 5.34. The summed E-state index contributed by atoms with van der Waals surface area (Å²) in [5.41, 5.74) is 2.71. The van der Waals surface area contributed by atoms with E-state index in [4.69, 9.17) is 11.6 Å². The topological polar surface area (TPSA) is 66.5 Å². The Morgan fingerprint density at radius 3 is 2.46 bits per heavy atom. The first-order chi connectivity index (χ1) is 13.2. The molecule has 0 aliphatic carbocycles. The molecule has 2 aromatic carbocycles. The summed E-state index contributed by atoms with van der Waals surface area (Å²) in [7, 11) is -3.82. The molecule has 1 amide bonds. The largest absolute Gasteiger partial charge is 0.324 e. The fourth-order valence-corrected chi connectivity index (χ4v) is 4.78. The zero-order valence-corrected chi connectivity index (χ0v) is 18.3. The SMILES string of the molecule is CCCN(CC(=O)Nc1c(C)cccc1C(C)C)S(=O)(=O)c1cccc(Cl)c1. The van der Waals surface area contributed by atoms with Crippen LogP contribution in [0.15, 0.2) is 47.4 Å². The van der Waals surface area contributed by atoms with Crippen molar-refractivity contribution < 1.29 is 13.2 Å². The molecule has 152 valence electrons. The van der Waals surface area contributed by atoms with Crippen molar-refractivity contribution in [2.24, 2.45) is 0 Å². The molecule has 0 aliphatic heterocycles. The molecule has 2 rings (SSSR count). The predicted molar refractivity (Wildman–Crippen MR) is 114 cm³/mol. The van der Waals surface area contributed by atoms with E-state index in [1.165, 1.54) is 16.4 Å². The van der Waals surface area contributed by atoms with Crippen molar-refractivity contribution in [1.82, 2.24) is 4.31 Å². The van der Waals surface area contributed by atoms with Gasteiger partial charge in [0.25, 0.3) is 0 Å². The Balaban J connectivity index is 2.27. The molecule has 0 aliphatic rings. The number of aryl methyl sites for hydroxylation is 1. The standard InChI is InChI=1S/C21H27ClN2O3S/c1-5-12-24(28(26,27)18-10-7-9-17(22)13-18)14-20(25)23-21-16(4)8-6-11-19(21)15(2)3/h6-11,13,15H,5,12,14H2,1-4H3,(H,23,25). The lowest BCUT2D eigenvalue weighted by Crippen LogP contribution is -2.38. The summed E-state index contributed by atoms with van der Waals surface area (Å²) in [6.45, 7) is 7.89. The van der Waals surface area contributed by atoms with E-state index >= 15 is 0 Å². The third-order valence-corrected chi connectivity index (χ3v) is 6.49. The maximum absolute atomic E-state index is 13.0. The maximum atomic E-state index is 13.0. The number of carbonyl (C=O) groups is 1. The molecule has 2 aromatic rings. The van der Waals surface area contributed by atoms with Crippen molar-refractivity contribution in [1.29, 1.82) is 0 Å². The number of hydrogen-bond acceptors (Lipinski definition) is 3. The van der Waals surface area contributed by atoms with Crippen LogP contribution in [0.1, 0.15) is 44.2 Å². The number of nitrogens with one attached hydrogen (secondary N) is 1. The first kappa shape index (κ1) is 22.4. The second-order valence-electron chi connectivity index (χ2n) is 7.04. The minimum absolute atomic E-state index is 0.0833. The van der Waals surface area contributed by atoms with Crippen LogP contribution >= 0.6 is 11.6 Å². The third-order valence-electron chi connectivity index (χ3n) is 4.42. The number of rotatable bonds is 8. The Labute approximate surface area is 172 Å². The van der Waals surface area contributed by atoms with Gasteiger partial charge in [-0.1, -0.05) is 56.6 Å². The number of halogens is 1. The van der Waals surface area contributed by atoms with E-state index in [0.717, 1.165) is 16.8 Å². The molecule has 0 atom stereocenters. The number of sulfonamides is 1. The first-order valence-electron chi connectivity index (χ1n) is 9.32. The van der Waals surface area contributed by atoms with E-state index in [-0.39, 0.29) is 29.8 Å². The highest BCUT2D eigenvalue weighted by molar-refractivity contribution is 7.89. The number of nitrogens with zero attached hydrogens (tertiary/aromatic N) is 1. The fourth-order valence-electron chi connectivity index (χ4n) is 2.99. The van der Waals surface area contributed by atoms with E-state index in [1.54, 1.807) is 12.1 Å². The van der Waals surface area contributed by atoms with Crippen molar-refractivity contribution >= 4 is 33.2 Å². The zero-order chi connectivity index (χ0) is 20.9. The molecule has 28 heavy (non-hydrogen) atoms. The molecule has 0 fully saturated rings. The van der Waals surface area contributed by atoms with Crippen LogP contribution in [0.3, 0.4) is 0 Å². The Morgan fingerprint density at radius 1 is 1.18 bits per heavy atom. The molecule has 0 aromatic heterocycles. The Kier molecular flexibility index (Phi) is 7.63. The van der Waals surface area contributed by atoms with Gasteiger partial charge in [0.1, 0.15) is 0 Å². The van der Waals surface area contributed by atoms with E-state index in [1.807, 2.05) is 32.0 Å². The molecule has 7 heteroatoms. The van der Waals surface area contributed by atoms with Crippen LogP contribution in [0.2, 0.25) is 5.02 Å². The quantitative estimate of drug-likeness (QED) is 0.663. The Bertz CT molecular complexity index is 942. The van der Waals surface area contributed by atoms with Gasteiger partial charge < -0.3 is 5.32 Å². The smallest absolute Gasteiger partial charge is 0.243 e. The lowest BCUT2D eigenvalue weighted by molar-refractivity contribution is -0.116. The molecule has 0 saturated carbocycles. The van der Waals surface area contributed by atoms with Gasteiger partial charge in [0.2, 0.25) is 15.9 Å². The summed E-state index contributed by atoms with van der Waals surface area (Å²) < 4.78 is 27.2. The number of anilines is 1. The van der Waals surface area contributed by atoms with Crippen LogP contribution in [0, 0.1) is 6.92 Å². The van der Waals surface area contributed by atoms with Crippen molar-refractivity contribution in [3.8, 4) is 0 Å². The highest BCUT2D eigenvalue weighted by Crippen LogP contribution is 2.27. The number of carbonyl (C=O) groups excluding carboxylic acids is 1. The van der Waals surface area contributed by atoms with Gasteiger partial charge in [0.15, 0.2) is 0 Å². The Morgan fingerprint density at radius 2 is 1.86 bits per heavy atom. The summed E-state index contributed by atoms with van der Waals surface area (Å²) in [5, 5.41) is 3.25. The summed E-state index contributed by atoms with van der Waals surface area (Å²) in [6, 6.07) is 11.9. The first-order valence-corrected chi connectivity index (χ1v) is 11.1. The van der Waals surface area contributed by atoms with Crippen LogP contribution in [0.4, 0.5) is 5.69 Å². The van der Waals surface area contributed by atoms with Gasteiger partial charge in [0.05, 0.1) is 11.4 Å². The van der Waals surface area contributed by atoms with Crippen molar-refractivity contribution in [3.05, 3.63) is 58.6 Å². The van der Waals surface area contributed by atoms with Gasteiger partial charge in [-0.15, -0.1) is 0 Å². The molecule has 0 unspecified atom stereocenters. The molecule has 5 nitrogen and oxygen atoms in total. The van der Waals surface area contributed by atoms with Crippen LogP contribution in [-0.2, 0) is 14.8 Å². The van der Waals surface area contributed by atoms with Crippen LogP contribution in [0.5, 0.6) is 0 Å².